The lowest BCUT2D eigenvalue weighted by molar-refractivity contribution is 0.0949. The molecule has 5 aromatic rings. The number of methoxy groups -OCH3 is 2. The van der Waals surface area contributed by atoms with Crippen LogP contribution in [0.5, 0.6) is 11.5 Å². The summed E-state index contributed by atoms with van der Waals surface area (Å²) >= 11 is 0. The van der Waals surface area contributed by atoms with Crippen molar-refractivity contribution >= 4 is 27.7 Å². The van der Waals surface area contributed by atoms with Gasteiger partial charge in [0, 0.05) is 28.4 Å². The molecule has 0 aliphatic heterocycles. The zero-order valence-electron chi connectivity index (χ0n) is 19.4. The Morgan fingerprint density at radius 1 is 0.943 bits per heavy atom. The third-order valence-corrected chi connectivity index (χ3v) is 5.97. The Kier molecular flexibility index (Phi) is 6.06. The average Bonchev–Trinajstić information content (AvgIpc) is 3.26. The molecule has 7 heteroatoms. The minimum absolute atomic E-state index is 0.292. The molecule has 2 aromatic heterocycles. The molecule has 0 saturated carbocycles. The van der Waals surface area contributed by atoms with Crippen molar-refractivity contribution in [3.05, 3.63) is 89.9 Å². The van der Waals surface area contributed by atoms with Crippen LogP contribution in [0, 0.1) is 5.82 Å². The van der Waals surface area contributed by atoms with Gasteiger partial charge in [-0.2, -0.15) is 0 Å². The van der Waals surface area contributed by atoms with Crippen LogP contribution in [0.25, 0.3) is 33.1 Å². The Morgan fingerprint density at radius 2 is 1.77 bits per heavy atom. The fourth-order valence-corrected chi connectivity index (χ4v) is 4.26. The number of carbonyl (C=O) groups is 1. The summed E-state index contributed by atoms with van der Waals surface area (Å²) in [5.41, 5.74) is 4.32. The minimum Gasteiger partial charge on any atom is -0.493 e. The van der Waals surface area contributed by atoms with E-state index in [1.165, 1.54) is 12.1 Å². The van der Waals surface area contributed by atoms with Crippen LogP contribution in [0.3, 0.4) is 0 Å². The van der Waals surface area contributed by atoms with E-state index in [0.29, 0.717) is 35.9 Å². The van der Waals surface area contributed by atoms with Crippen molar-refractivity contribution in [3.8, 4) is 22.8 Å². The molecule has 2 N–H and O–H groups in total. The summed E-state index contributed by atoms with van der Waals surface area (Å²) in [6.07, 6.45) is 0.515. The number of H-pyrrole nitrogens is 1. The molecular weight excluding hydrogens is 445 g/mol. The number of aromatic amines is 1. The third-order valence-electron chi connectivity index (χ3n) is 5.97. The molecule has 0 aliphatic carbocycles. The van der Waals surface area contributed by atoms with Crippen LogP contribution in [0.2, 0.25) is 0 Å². The van der Waals surface area contributed by atoms with Crippen LogP contribution in [0.4, 0.5) is 4.39 Å². The summed E-state index contributed by atoms with van der Waals surface area (Å²) < 4.78 is 24.3. The van der Waals surface area contributed by atoms with Gasteiger partial charge in [0.05, 0.1) is 25.4 Å². The van der Waals surface area contributed by atoms with Crippen LogP contribution >= 0.6 is 0 Å². The normalized spacial score (nSPS) is 11.1. The summed E-state index contributed by atoms with van der Waals surface area (Å²) in [5.74, 6) is 0.589. The molecular formula is C28H24FN3O3. The molecule has 0 aliphatic rings. The first kappa shape index (κ1) is 22.4. The Morgan fingerprint density at radius 3 is 2.57 bits per heavy atom. The summed E-state index contributed by atoms with van der Waals surface area (Å²) in [5, 5.41) is 4.81. The van der Waals surface area contributed by atoms with Gasteiger partial charge in [0.1, 0.15) is 11.5 Å². The van der Waals surface area contributed by atoms with Crippen molar-refractivity contribution in [2.24, 2.45) is 0 Å². The summed E-state index contributed by atoms with van der Waals surface area (Å²) in [6.45, 7) is 0.363. The fourth-order valence-electron chi connectivity index (χ4n) is 4.26. The van der Waals surface area contributed by atoms with Crippen molar-refractivity contribution in [1.29, 1.82) is 0 Å². The Balaban J connectivity index is 1.54. The van der Waals surface area contributed by atoms with Gasteiger partial charge >= 0.3 is 0 Å². The molecule has 0 spiro atoms. The SMILES string of the molecule is COc1ccc(-c2nc(C(=O)NCCc3cccc(F)c3)cc3c2[nH]c2ccccc23)cc1OC. The second-order valence-corrected chi connectivity index (χ2v) is 8.15. The number of para-hydroxylation sites is 1. The quantitative estimate of drug-likeness (QED) is 0.330. The van der Waals surface area contributed by atoms with E-state index in [1.807, 2.05) is 48.5 Å². The predicted molar refractivity (Wildman–Crippen MR) is 135 cm³/mol. The fraction of sp³-hybridized carbons (Fsp3) is 0.143. The van der Waals surface area contributed by atoms with Crippen molar-refractivity contribution in [2.45, 2.75) is 6.42 Å². The smallest absolute Gasteiger partial charge is 0.269 e. The third kappa shape index (κ3) is 4.40. The molecule has 176 valence electrons. The van der Waals surface area contributed by atoms with Gasteiger partial charge in [-0.05, 0) is 54.4 Å². The Hall–Kier alpha value is -4.39. The number of ether oxygens (including phenoxy) is 2. The maximum Gasteiger partial charge on any atom is 0.269 e. The van der Waals surface area contributed by atoms with Crippen LogP contribution < -0.4 is 14.8 Å². The van der Waals surface area contributed by atoms with Crippen molar-refractivity contribution in [1.82, 2.24) is 15.3 Å². The van der Waals surface area contributed by atoms with Gasteiger partial charge in [-0.1, -0.05) is 30.3 Å². The molecule has 0 unspecified atom stereocenters. The topological polar surface area (TPSA) is 76.2 Å². The van der Waals surface area contributed by atoms with Gasteiger partial charge in [0.25, 0.3) is 5.91 Å². The van der Waals surface area contributed by atoms with E-state index >= 15 is 0 Å². The van der Waals surface area contributed by atoms with Gasteiger partial charge < -0.3 is 19.8 Å². The summed E-state index contributed by atoms with van der Waals surface area (Å²) in [6, 6.07) is 21.6. The first-order chi connectivity index (χ1) is 17.1. The highest BCUT2D eigenvalue weighted by molar-refractivity contribution is 6.13. The number of benzene rings is 3. The molecule has 0 saturated heterocycles. The molecule has 35 heavy (non-hydrogen) atoms. The number of carbonyl (C=O) groups excluding carboxylic acids is 1. The lowest BCUT2D eigenvalue weighted by Gasteiger charge is -2.11. The van der Waals surface area contributed by atoms with Crippen LogP contribution in [0.1, 0.15) is 16.1 Å². The van der Waals surface area contributed by atoms with E-state index in [2.05, 4.69) is 10.3 Å². The van der Waals surface area contributed by atoms with Gasteiger partial charge in [-0.3, -0.25) is 4.79 Å². The molecule has 0 bridgehead atoms. The van der Waals surface area contributed by atoms with E-state index in [1.54, 1.807) is 26.4 Å². The number of amides is 1. The highest BCUT2D eigenvalue weighted by Gasteiger charge is 2.18. The summed E-state index contributed by atoms with van der Waals surface area (Å²) in [7, 11) is 3.16. The number of rotatable bonds is 7. The summed E-state index contributed by atoms with van der Waals surface area (Å²) in [4.78, 5) is 21.3. The first-order valence-corrected chi connectivity index (χ1v) is 11.2. The average molecular weight is 470 g/mol. The van der Waals surface area contributed by atoms with E-state index in [4.69, 9.17) is 14.5 Å². The zero-order chi connectivity index (χ0) is 24.4. The molecule has 0 fully saturated rings. The molecule has 2 heterocycles. The van der Waals surface area contributed by atoms with Crippen molar-refractivity contribution in [3.63, 3.8) is 0 Å². The highest BCUT2D eigenvalue weighted by atomic mass is 19.1. The molecule has 3 aromatic carbocycles. The second-order valence-electron chi connectivity index (χ2n) is 8.15. The number of nitrogens with one attached hydrogen (secondary N) is 2. The van der Waals surface area contributed by atoms with Gasteiger partial charge in [0.15, 0.2) is 11.5 Å². The zero-order valence-corrected chi connectivity index (χ0v) is 19.4. The first-order valence-electron chi connectivity index (χ1n) is 11.2. The van der Waals surface area contributed by atoms with Gasteiger partial charge in [-0.15, -0.1) is 0 Å². The number of fused-ring (bicyclic) bond motifs is 3. The number of aromatic nitrogens is 2. The van der Waals surface area contributed by atoms with Gasteiger partial charge in [0.2, 0.25) is 0 Å². The predicted octanol–water partition coefficient (Wildman–Crippen LogP) is 5.51. The maximum absolute atomic E-state index is 13.5. The Bertz CT molecular complexity index is 1540. The molecule has 1 amide bonds. The van der Waals surface area contributed by atoms with Crippen LogP contribution in [-0.2, 0) is 6.42 Å². The molecule has 0 radical (unpaired) electrons. The largest absolute Gasteiger partial charge is 0.493 e. The number of pyridine rings is 1. The van der Waals surface area contributed by atoms with Gasteiger partial charge in [-0.25, -0.2) is 9.37 Å². The molecule has 5 rings (SSSR count). The highest BCUT2D eigenvalue weighted by Crippen LogP contribution is 2.36. The van der Waals surface area contributed by atoms with E-state index in [-0.39, 0.29) is 11.7 Å². The number of halogens is 1. The second kappa shape index (κ2) is 9.46. The van der Waals surface area contributed by atoms with Crippen molar-refractivity contribution < 1.29 is 18.7 Å². The minimum atomic E-state index is -0.296. The Labute approximate surface area is 201 Å². The van der Waals surface area contributed by atoms with E-state index < -0.39 is 0 Å². The monoisotopic (exact) mass is 469 g/mol. The molecule has 0 atom stereocenters. The number of hydrogen-bond acceptors (Lipinski definition) is 4. The lowest BCUT2D eigenvalue weighted by Crippen LogP contribution is -2.26. The van der Waals surface area contributed by atoms with Crippen LogP contribution in [0.15, 0.2) is 72.8 Å². The van der Waals surface area contributed by atoms with E-state index in [9.17, 15) is 9.18 Å². The molecule has 6 nitrogen and oxygen atoms in total. The maximum atomic E-state index is 13.5. The number of nitrogens with zero attached hydrogens (tertiary/aromatic N) is 1. The van der Waals surface area contributed by atoms with E-state index in [0.717, 1.165) is 32.9 Å². The lowest BCUT2D eigenvalue weighted by atomic mass is 10.1. The number of hydrogen-bond donors (Lipinski definition) is 2. The van der Waals surface area contributed by atoms with Crippen molar-refractivity contribution in [2.75, 3.05) is 20.8 Å². The van der Waals surface area contributed by atoms with Crippen LogP contribution in [-0.4, -0.2) is 36.6 Å². The standard InChI is InChI=1S/C28H24FN3O3/c1-34-24-11-10-18(15-25(24)35-2)26-27-21(20-8-3-4-9-22(20)31-27)16-23(32-26)28(33)30-13-12-17-6-5-7-19(29)14-17/h3-11,14-16,31H,12-13H2,1-2H3,(H,30,33).